The van der Waals surface area contributed by atoms with E-state index in [9.17, 15) is 13.2 Å². The maximum Gasteiger partial charge on any atom is 0.416 e. The zero-order chi connectivity index (χ0) is 23.6. The van der Waals surface area contributed by atoms with Gasteiger partial charge in [0.2, 0.25) is 5.95 Å². The number of anilines is 3. The Kier molecular flexibility index (Phi) is 6.57. The summed E-state index contributed by atoms with van der Waals surface area (Å²) < 4.78 is 39.6. The Bertz CT molecular complexity index is 1180. The van der Waals surface area contributed by atoms with Gasteiger partial charge in [0, 0.05) is 35.6 Å². The third kappa shape index (κ3) is 5.63. The highest BCUT2D eigenvalue weighted by Gasteiger charge is 2.32. The van der Waals surface area contributed by atoms with E-state index in [-0.39, 0.29) is 5.69 Å². The molecular weight excluding hydrogens is 449 g/mol. The van der Waals surface area contributed by atoms with Gasteiger partial charge in [-0.1, -0.05) is 18.3 Å². The molecule has 0 radical (unpaired) electrons. The second-order valence-corrected chi connectivity index (χ2v) is 8.66. The first-order valence-electron chi connectivity index (χ1n) is 10.4. The summed E-state index contributed by atoms with van der Waals surface area (Å²) in [4.78, 5) is 15.8. The average molecular weight is 473 g/mol. The summed E-state index contributed by atoms with van der Waals surface area (Å²) in [6.45, 7) is 0.983. The number of halogens is 3. The van der Waals surface area contributed by atoms with E-state index in [1.54, 1.807) is 12.4 Å². The fourth-order valence-corrected chi connectivity index (χ4v) is 3.91. The Morgan fingerprint density at radius 3 is 2.73 bits per heavy atom. The molecule has 2 N–H and O–H groups in total. The zero-order valence-corrected chi connectivity index (χ0v) is 19.0. The van der Waals surface area contributed by atoms with Crippen molar-refractivity contribution in [3.63, 3.8) is 0 Å². The van der Waals surface area contributed by atoms with Gasteiger partial charge < -0.3 is 15.5 Å². The van der Waals surface area contributed by atoms with Crippen molar-refractivity contribution in [1.29, 1.82) is 0 Å². The normalized spacial score (nSPS) is 13.2. The van der Waals surface area contributed by atoms with Crippen molar-refractivity contribution in [2.75, 3.05) is 31.3 Å². The molecule has 0 aliphatic carbocycles. The third-order valence-electron chi connectivity index (χ3n) is 5.21. The molecule has 0 atom stereocenters. The number of aromatic nitrogens is 3. The predicted molar refractivity (Wildman–Crippen MR) is 127 cm³/mol. The van der Waals surface area contributed by atoms with Crippen molar-refractivity contribution in [3.05, 3.63) is 59.5 Å². The molecule has 1 aromatic carbocycles. The van der Waals surface area contributed by atoms with Gasteiger partial charge >= 0.3 is 6.18 Å². The Morgan fingerprint density at radius 2 is 1.97 bits per heavy atom. The van der Waals surface area contributed by atoms with Gasteiger partial charge in [-0.2, -0.15) is 13.2 Å². The monoisotopic (exact) mass is 472 g/mol. The molecule has 0 spiro atoms. The highest BCUT2D eigenvalue weighted by molar-refractivity contribution is 7.80. The molecule has 3 heterocycles. The van der Waals surface area contributed by atoms with Crippen LogP contribution < -0.4 is 10.6 Å². The smallest absolute Gasteiger partial charge is 0.349 e. The molecule has 2 aromatic heterocycles. The van der Waals surface area contributed by atoms with Crippen molar-refractivity contribution in [2.45, 2.75) is 25.4 Å². The summed E-state index contributed by atoms with van der Waals surface area (Å²) in [5, 5.41) is 6.08. The molecule has 0 saturated carbocycles. The van der Waals surface area contributed by atoms with E-state index in [0.29, 0.717) is 28.6 Å². The second kappa shape index (κ2) is 9.40. The molecule has 0 fully saturated rings. The number of fused-ring (bicyclic) bond motifs is 3. The lowest BCUT2D eigenvalue weighted by Crippen LogP contribution is -2.13. The van der Waals surface area contributed by atoms with Crippen LogP contribution in [0, 0.1) is 0 Å². The van der Waals surface area contributed by atoms with Crippen molar-refractivity contribution >= 4 is 34.5 Å². The van der Waals surface area contributed by atoms with Crippen molar-refractivity contribution in [3.8, 4) is 11.3 Å². The summed E-state index contributed by atoms with van der Waals surface area (Å²) in [7, 11) is 4.08. The van der Waals surface area contributed by atoms with Crippen LogP contribution in [-0.4, -0.2) is 45.5 Å². The van der Waals surface area contributed by atoms with Crippen LogP contribution in [0.3, 0.4) is 0 Å². The molecule has 6 nitrogen and oxygen atoms in total. The minimum absolute atomic E-state index is 0.280. The number of nitrogens with one attached hydrogen (secondary N) is 2. The van der Waals surface area contributed by atoms with Crippen LogP contribution in [0.25, 0.3) is 11.3 Å². The van der Waals surface area contributed by atoms with E-state index in [2.05, 4.69) is 30.5 Å². The van der Waals surface area contributed by atoms with E-state index in [1.165, 1.54) is 6.07 Å². The van der Waals surface area contributed by atoms with Crippen molar-refractivity contribution in [1.82, 2.24) is 19.9 Å². The number of nitrogens with zero attached hydrogens (tertiary/aromatic N) is 4. The SMILES string of the molecule is CN(C)CCCc1cncc(Nc2ncc3c(n2)-c2ccc(C(F)(F)F)cc2NC(=S)C3)c1. The van der Waals surface area contributed by atoms with Crippen LogP contribution in [0.5, 0.6) is 0 Å². The molecule has 10 heteroatoms. The van der Waals surface area contributed by atoms with Crippen LogP contribution in [0.1, 0.15) is 23.1 Å². The molecule has 1 aliphatic rings. The van der Waals surface area contributed by atoms with Gasteiger partial charge in [-0.15, -0.1) is 0 Å². The molecular formula is C23H23F3N6S. The number of aryl methyl sites for hydroxylation is 1. The Hall–Kier alpha value is -3.11. The number of thiocarbonyl (C=S) groups is 1. The first-order chi connectivity index (χ1) is 15.7. The molecule has 172 valence electrons. The Labute approximate surface area is 195 Å². The summed E-state index contributed by atoms with van der Waals surface area (Å²) in [5.41, 5.74) is 3.19. The molecule has 4 rings (SSSR count). The fourth-order valence-electron chi connectivity index (χ4n) is 3.65. The van der Waals surface area contributed by atoms with E-state index in [1.807, 2.05) is 26.4 Å². The summed E-state index contributed by atoms with van der Waals surface area (Å²) >= 11 is 5.31. The van der Waals surface area contributed by atoms with Gasteiger partial charge in [0.25, 0.3) is 0 Å². The predicted octanol–water partition coefficient (Wildman–Crippen LogP) is 5.09. The van der Waals surface area contributed by atoms with Gasteiger partial charge in [-0.25, -0.2) is 9.97 Å². The van der Waals surface area contributed by atoms with Crippen molar-refractivity contribution < 1.29 is 13.2 Å². The standard InChI is InChI=1S/C23H23F3N6S/c1-32(2)7-3-4-14-8-17(13-27-11-14)29-22-28-12-15-9-20(33)30-19-10-16(23(24,25)26)5-6-18(19)21(15)31-22/h5-6,8,10-13H,3-4,7,9H2,1-2H3,(H,30,33)(H,28,29,31). The number of benzene rings is 1. The number of alkyl halides is 3. The number of hydrogen-bond acceptors (Lipinski definition) is 6. The number of hydrogen-bond donors (Lipinski definition) is 2. The average Bonchev–Trinajstić information content (AvgIpc) is 2.88. The summed E-state index contributed by atoms with van der Waals surface area (Å²) in [5.74, 6) is 0.333. The lowest BCUT2D eigenvalue weighted by atomic mass is 10.0. The lowest BCUT2D eigenvalue weighted by molar-refractivity contribution is -0.137. The molecule has 33 heavy (non-hydrogen) atoms. The minimum atomic E-state index is -4.45. The number of pyridine rings is 1. The van der Waals surface area contributed by atoms with Crippen LogP contribution >= 0.6 is 12.2 Å². The minimum Gasteiger partial charge on any atom is -0.349 e. The Morgan fingerprint density at radius 1 is 1.15 bits per heavy atom. The van der Waals surface area contributed by atoms with Gasteiger partial charge in [0.05, 0.1) is 28.1 Å². The second-order valence-electron chi connectivity index (χ2n) is 8.16. The quantitative estimate of drug-likeness (QED) is 0.485. The van der Waals surface area contributed by atoms with Gasteiger partial charge in [0.1, 0.15) is 0 Å². The topological polar surface area (TPSA) is 66.0 Å². The molecule has 0 bridgehead atoms. The summed E-state index contributed by atoms with van der Waals surface area (Å²) in [6.07, 6.45) is 2.96. The molecule has 0 unspecified atom stereocenters. The zero-order valence-electron chi connectivity index (χ0n) is 18.2. The summed E-state index contributed by atoms with van der Waals surface area (Å²) in [6, 6.07) is 5.53. The highest BCUT2D eigenvalue weighted by Crippen LogP contribution is 2.38. The molecule has 1 aliphatic heterocycles. The third-order valence-corrected chi connectivity index (χ3v) is 5.46. The van der Waals surface area contributed by atoms with E-state index >= 15 is 0 Å². The van der Waals surface area contributed by atoms with Crippen molar-refractivity contribution in [2.24, 2.45) is 0 Å². The van der Waals surface area contributed by atoms with E-state index < -0.39 is 11.7 Å². The molecule has 0 saturated heterocycles. The van der Waals surface area contributed by atoms with Crippen LogP contribution in [-0.2, 0) is 19.0 Å². The van der Waals surface area contributed by atoms with Gasteiger partial charge in [-0.3, -0.25) is 4.98 Å². The maximum atomic E-state index is 13.2. The van der Waals surface area contributed by atoms with Gasteiger partial charge in [0.15, 0.2) is 0 Å². The number of rotatable bonds is 6. The Balaban J connectivity index is 1.62. The first-order valence-corrected chi connectivity index (χ1v) is 10.8. The molecule has 0 amide bonds. The largest absolute Gasteiger partial charge is 0.416 e. The maximum absolute atomic E-state index is 13.2. The fraction of sp³-hybridized carbons (Fsp3) is 0.304. The van der Waals surface area contributed by atoms with Gasteiger partial charge in [-0.05, 0) is 57.2 Å². The van der Waals surface area contributed by atoms with Crippen LogP contribution in [0.15, 0.2) is 42.9 Å². The molecule has 3 aromatic rings. The van der Waals surface area contributed by atoms with Crippen LogP contribution in [0.4, 0.5) is 30.5 Å². The first kappa shape index (κ1) is 23.1. The van der Waals surface area contributed by atoms with E-state index in [4.69, 9.17) is 12.2 Å². The lowest BCUT2D eigenvalue weighted by Gasteiger charge is -2.14. The van der Waals surface area contributed by atoms with Crippen LogP contribution in [0.2, 0.25) is 0 Å². The van der Waals surface area contributed by atoms with E-state index in [0.717, 1.165) is 48.3 Å². The highest BCUT2D eigenvalue weighted by atomic mass is 32.1.